The molecule has 0 aromatic heterocycles. The molecule has 0 aliphatic heterocycles. The standard InChI is InChI=1S/C17H20N2O2/c1-11-9-15(20)7-8-16(11)17(21)19-12(2)14-5-3-13(10-18)4-6-14/h3-9,12,20H,10,18H2,1-2H3,(H,19,21). The van der Waals surface area contributed by atoms with Crippen molar-refractivity contribution in [2.24, 2.45) is 5.73 Å². The number of benzene rings is 2. The van der Waals surface area contributed by atoms with Gasteiger partial charge < -0.3 is 16.2 Å². The predicted molar refractivity (Wildman–Crippen MR) is 83.1 cm³/mol. The van der Waals surface area contributed by atoms with Gasteiger partial charge in [0.25, 0.3) is 5.91 Å². The molecule has 0 aliphatic rings. The van der Waals surface area contributed by atoms with Gasteiger partial charge in [-0.3, -0.25) is 4.79 Å². The van der Waals surface area contributed by atoms with Crippen molar-refractivity contribution in [3.05, 3.63) is 64.7 Å². The molecule has 4 N–H and O–H groups in total. The molecule has 1 amide bonds. The van der Waals surface area contributed by atoms with Crippen LogP contribution >= 0.6 is 0 Å². The molecular weight excluding hydrogens is 264 g/mol. The van der Waals surface area contributed by atoms with Gasteiger partial charge in [0.2, 0.25) is 0 Å². The third-order valence-corrected chi connectivity index (χ3v) is 3.52. The van der Waals surface area contributed by atoms with E-state index in [1.54, 1.807) is 19.1 Å². The Bertz CT molecular complexity index is 636. The molecule has 0 aliphatic carbocycles. The van der Waals surface area contributed by atoms with Crippen LogP contribution in [0.25, 0.3) is 0 Å². The molecule has 0 radical (unpaired) electrons. The van der Waals surface area contributed by atoms with Gasteiger partial charge in [-0.15, -0.1) is 0 Å². The molecule has 21 heavy (non-hydrogen) atoms. The fourth-order valence-corrected chi connectivity index (χ4v) is 2.20. The minimum Gasteiger partial charge on any atom is -0.508 e. The summed E-state index contributed by atoms with van der Waals surface area (Å²) in [6.45, 7) is 4.24. The molecule has 1 atom stereocenters. The Hall–Kier alpha value is -2.33. The number of nitrogens with two attached hydrogens (primary N) is 1. The average Bonchev–Trinajstić information content (AvgIpc) is 2.47. The maximum absolute atomic E-state index is 12.3. The van der Waals surface area contributed by atoms with Crippen molar-refractivity contribution < 1.29 is 9.90 Å². The Morgan fingerprint density at radius 3 is 2.48 bits per heavy atom. The summed E-state index contributed by atoms with van der Waals surface area (Å²) in [5, 5.41) is 12.3. The molecule has 2 aromatic rings. The second kappa shape index (κ2) is 6.41. The van der Waals surface area contributed by atoms with E-state index in [4.69, 9.17) is 5.73 Å². The van der Waals surface area contributed by atoms with Gasteiger partial charge in [-0.05, 0) is 48.7 Å². The summed E-state index contributed by atoms with van der Waals surface area (Å²) >= 11 is 0. The van der Waals surface area contributed by atoms with Crippen LogP contribution in [0.3, 0.4) is 0 Å². The zero-order chi connectivity index (χ0) is 15.4. The van der Waals surface area contributed by atoms with Crippen LogP contribution in [0.4, 0.5) is 0 Å². The van der Waals surface area contributed by atoms with E-state index in [1.807, 2.05) is 31.2 Å². The lowest BCUT2D eigenvalue weighted by Gasteiger charge is -2.16. The number of rotatable bonds is 4. The molecule has 0 bridgehead atoms. The van der Waals surface area contributed by atoms with Crippen LogP contribution in [0.2, 0.25) is 0 Å². The number of aryl methyl sites for hydroxylation is 1. The minimum absolute atomic E-state index is 0.0995. The van der Waals surface area contributed by atoms with Gasteiger partial charge in [-0.2, -0.15) is 0 Å². The number of carbonyl (C=O) groups is 1. The number of amides is 1. The molecule has 2 rings (SSSR count). The summed E-state index contributed by atoms with van der Waals surface area (Å²) < 4.78 is 0. The van der Waals surface area contributed by atoms with E-state index in [-0.39, 0.29) is 17.7 Å². The van der Waals surface area contributed by atoms with Gasteiger partial charge in [-0.1, -0.05) is 24.3 Å². The number of phenols is 1. The molecule has 4 heteroatoms. The highest BCUT2D eigenvalue weighted by Gasteiger charge is 2.13. The summed E-state index contributed by atoms with van der Waals surface area (Å²) in [4.78, 5) is 12.3. The SMILES string of the molecule is Cc1cc(O)ccc1C(=O)NC(C)c1ccc(CN)cc1. The Morgan fingerprint density at radius 2 is 1.90 bits per heavy atom. The Kier molecular flexibility index (Phi) is 4.60. The highest BCUT2D eigenvalue weighted by Crippen LogP contribution is 2.18. The smallest absolute Gasteiger partial charge is 0.252 e. The Labute approximate surface area is 124 Å². The van der Waals surface area contributed by atoms with Gasteiger partial charge in [0.05, 0.1) is 6.04 Å². The molecule has 0 fully saturated rings. The van der Waals surface area contributed by atoms with Crippen LogP contribution in [0, 0.1) is 6.92 Å². The maximum Gasteiger partial charge on any atom is 0.252 e. The Balaban J connectivity index is 2.10. The van der Waals surface area contributed by atoms with E-state index in [0.717, 1.165) is 16.7 Å². The van der Waals surface area contributed by atoms with Gasteiger partial charge in [0.1, 0.15) is 5.75 Å². The summed E-state index contributed by atoms with van der Waals surface area (Å²) in [6.07, 6.45) is 0. The Morgan fingerprint density at radius 1 is 1.24 bits per heavy atom. The van der Waals surface area contributed by atoms with E-state index < -0.39 is 0 Å². The second-order valence-electron chi connectivity index (χ2n) is 5.14. The molecule has 110 valence electrons. The first-order chi connectivity index (χ1) is 10.0. The number of phenolic OH excluding ortho intramolecular Hbond substituents is 1. The third-order valence-electron chi connectivity index (χ3n) is 3.52. The normalized spacial score (nSPS) is 12.0. The predicted octanol–water partition coefficient (Wildman–Crippen LogP) is 2.65. The van der Waals surface area contributed by atoms with Crippen LogP contribution in [0.15, 0.2) is 42.5 Å². The van der Waals surface area contributed by atoms with Crippen molar-refractivity contribution >= 4 is 5.91 Å². The molecular formula is C17H20N2O2. The van der Waals surface area contributed by atoms with Crippen molar-refractivity contribution in [1.29, 1.82) is 0 Å². The van der Waals surface area contributed by atoms with Gasteiger partial charge >= 0.3 is 0 Å². The summed E-state index contributed by atoms with van der Waals surface area (Å²) in [6, 6.07) is 12.5. The zero-order valence-electron chi connectivity index (χ0n) is 12.3. The van der Waals surface area contributed by atoms with Gasteiger partial charge in [-0.25, -0.2) is 0 Å². The minimum atomic E-state index is -0.150. The van der Waals surface area contributed by atoms with Crippen molar-refractivity contribution in [3.8, 4) is 5.75 Å². The highest BCUT2D eigenvalue weighted by atomic mass is 16.3. The van der Waals surface area contributed by atoms with Crippen molar-refractivity contribution in [2.75, 3.05) is 0 Å². The molecule has 2 aromatic carbocycles. The van der Waals surface area contributed by atoms with Gasteiger partial charge in [0.15, 0.2) is 0 Å². The monoisotopic (exact) mass is 284 g/mol. The largest absolute Gasteiger partial charge is 0.508 e. The fourth-order valence-electron chi connectivity index (χ4n) is 2.20. The van der Waals surface area contributed by atoms with Crippen LogP contribution < -0.4 is 11.1 Å². The lowest BCUT2D eigenvalue weighted by Crippen LogP contribution is -2.27. The maximum atomic E-state index is 12.3. The zero-order valence-corrected chi connectivity index (χ0v) is 12.3. The average molecular weight is 284 g/mol. The number of hydrogen-bond acceptors (Lipinski definition) is 3. The van der Waals surface area contributed by atoms with Crippen molar-refractivity contribution in [2.45, 2.75) is 26.4 Å². The quantitative estimate of drug-likeness (QED) is 0.808. The molecule has 4 nitrogen and oxygen atoms in total. The fraction of sp³-hybridized carbons (Fsp3) is 0.235. The lowest BCUT2D eigenvalue weighted by atomic mass is 10.0. The number of nitrogens with one attached hydrogen (secondary N) is 1. The molecule has 1 unspecified atom stereocenters. The first-order valence-corrected chi connectivity index (χ1v) is 6.90. The summed E-state index contributed by atoms with van der Waals surface area (Å²) in [7, 11) is 0. The van der Waals surface area contributed by atoms with Gasteiger partial charge in [0, 0.05) is 12.1 Å². The third kappa shape index (κ3) is 3.61. The van der Waals surface area contributed by atoms with E-state index >= 15 is 0 Å². The molecule has 0 heterocycles. The van der Waals surface area contributed by atoms with Crippen LogP contribution in [0.1, 0.15) is 40.0 Å². The molecule has 0 saturated heterocycles. The van der Waals surface area contributed by atoms with Crippen LogP contribution in [0.5, 0.6) is 5.75 Å². The van der Waals surface area contributed by atoms with Crippen LogP contribution in [-0.4, -0.2) is 11.0 Å². The second-order valence-corrected chi connectivity index (χ2v) is 5.14. The lowest BCUT2D eigenvalue weighted by molar-refractivity contribution is 0.0939. The summed E-state index contributed by atoms with van der Waals surface area (Å²) in [5.41, 5.74) is 8.97. The van der Waals surface area contributed by atoms with E-state index in [1.165, 1.54) is 6.07 Å². The van der Waals surface area contributed by atoms with E-state index in [9.17, 15) is 9.90 Å². The first kappa shape index (κ1) is 15.1. The van der Waals surface area contributed by atoms with Crippen LogP contribution in [-0.2, 0) is 6.54 Å². The van der Waals surface area contributed by atoms with E-state index in [0.29, 0.717) is 12.1 Å². The number of aromatic hydroxyl groups is 1. The number of carbonyl (C=O) groups excluding carboxylic acids is 1. The topological polar surface area (TPSA) is 75.3 Å². The van der Waals surface area contributed by atoms with E-state index in [2.05, 4.69) is 5.32 Å². The number of hydrogen-bond donors (Lipinski definition) is 3. The molecule has 0 spiro atoms. The van der Waals surface area contributed by atoms with Crippen molar-refractivity contribution in [3.63, 3.8) is 0 Å². The highest BCUT2D eigenvalue weighted by molar-refractivity contribution is 5.96. The molecule has 0 saturated carbocycles. The van der Waals surface area contributed by atoms with Crippen molar-refractivity contribution in [1.82, 2.24) is 5.32 Å². The summed E-state index contributed by atoms with van der Waals surface area (Å²) in [5.74, 6) is 0.0115. The first-order valence-electron chi connectivity index (χ1n) is 6.90.